The van der Waals surface area contributed by atoms with E-state index >= 15 is 0 Å². The van der Waals surface area contributed by atoms with E-state index in [0.717, 1.165) is 30.0 Å². The zero-order valence-corrected chi connectivity index (χ0v) is 17.6. The average molecular weight is 415 g/mol. The van der Waals surface area contributed by atoms with E-state index in [-0.39, 0.29) is 5.75 Å². The number of rotatable bonds is 6. The van der Waals surface area contributed by atoms with Gasteiger partial charge >= 0.3 is 0 Å². The Morgan fingerprint density at radius 3 is 2.69 bits per heavy atom. The first kappa shape index (κ1) is 19.8. The molecule has 3 heterocycles. The second kappa shape index (κ2) is 8.12. The average Bonchev–Trinajstić information content (AvgIpc) is 3.16. The molecule has 0 amide bonds. The largest absolute Gasteiger partial charge is 0.476 e. The third-order valence-corrected chi connectivity index (χ3v) is 7.17. The van der Waals surface area contributed by atoms with Crippen LogP contribution in [0.25, 0.3) is 16.9 Å². The van der Waals surface area contributed by atoms with Crippen LogP contribution in [0.4, 0.5) is 0 Å². The molecule has 1 aliphatic rings. The number of imidazole rings is 1. The first-order chi connectivity index (χ1) is 14.0. The third kappa shape index (κ3) is 4.28. The number of fused-ring (bicyclic) bond motifs is 1. The quantitative estimate of drug-likeness (QED) is 0.617. The van der Waals surface area contributed by atoms with Gasteiger partial charge in [-0.15, -0.1) is 5.10 Å². The van der Waals surface area contributed by atoms with E-state index in [1.54, 1.807) is 41.9 Å². The van der Waals surface area contributed by atoms with Crippen LogP contribution in [-0.2, 0) is 9.84 Å². The van der Waals surface area contributed by atoms with Gasteiger partial charge in [0.15, 0.2) is 15.5 Å². The number of likely N-dealkylation sites (tertiary alicyclic amines) is 1. The molecule has 0 radical (unpaired) electrons. The van der Waals surface area contributed by atoms with Crippen LogP contribution in [0.3, 0.4) is 0 Å². The van der Waals surface area contributed by atoms with Gasteiger partial charge in [-0.05, 0) is 44.6 Å². The minimum atomic E-state index is -3.22. The second-order valence-electron chi connectivity index (χ2n) is 7.59. The highest BCUT2D eigenvalue weighted by Crippen LogP contribution is 2.24. The molecule has 0 saturated carbocycles. The van der Waals surface area contributed by atoms with E-state index in [9.17, 15) is 8.42 Å². The van der Waals surface area contributed by atoms with Crippen molar-refractivity contribution in [1.82, 2.24) is 19.5 Å². The number of sulfone groups is 1. The number of nitrogens with zero attached hydrogens (tertiary/aromatic N) is 4. The summed E-state index contributed by atoms with van der Waals surface area (Å²) in [5.74, 6) is 1.16. The maximum atomic E-state index is 12.0. The van der Waals surface area contributed by atoms with Gasteiger partial charge in [0.05, 0.1) is 29.1 Å². The molecular weight excluding hydrogens is 388 g/mol. The highest BCUT2D eigenvalue weighted by Gasteiger charge is 2.18. The number of aromatic nitrogens is 3. The molecule has 1 atom stereocenters. The highest BCUT2D eigenvalue weighted by molar-refractivity contribution is 7.91. The monoisotopic (exact) mass is 414 g/mol. The van der Waals surface area contributed by atoms with Crippen molar-refractivity contribution in [3.05, 3.63) is 42.6 Å². The maximum absolute atomic E-state index is 12.0. The van der Waals surface area contributed by atoms with Gasteiger partial charge in [-0.3, -0.25) is 0 Å². The van der Waals surface area contributed by atoms with E-state index in [2.05, 4.69) is 22.0 Å². The summed E-state index contributed by atoms with van der Waals surface area (Å²) in [6.07, 6.45) is 4.12. The molecule has 154 valence electrons. The lowest BCUT2D eigenvalue weighted by Crippen LogP contribution is -2.34. The summed E-state index contributed by atoms with van der Waals surface area (Å²) in [6, 6.07) is 10.6. The molecule has 0 aliphatic carbocycles. The molecule has 2 aromatic heterocycles. The lowest BCUT2D eigenvalue weighted by atomic mass is 10.00. The standard InChI is InChI=1S/C21H26N4O3S/c1-3-29(26,27)18-8-6-17(7-9-18)19-13-22-20-10-11-21(23-25(19)20)28-15-16-5-4-12-24(2)14-16/h6-11,13,16H,3-5,12,14-15H2,1-2H3. The molecule has 1 fully saturated rings. The van der Waals surface area contributed by atoms with Crippen LogP contribution in [0.5, 0.6) is 5.88 Å². The SMILES string of the molecule is CCS(=O)(=O)c1ccc(-c2cnc3ccc(OCC4CCCN(C)C4)nn23)cc1. The predicted molar refractivity (Wildman–Crippen MR) is 112 cm³/mol. The van der Waals surface area contributed by atoms with Crippen molar-refractivity contribution in [3.63, 3.8) is 0 Å². The molecule has 1 unspecified atom stereocenters. The van der Waals surface area contributed by atoms with Gasteiger partial charge < -0.3 is 9.64 Å². The maximum Gasteiger partial charge on any atom is 0.231 e. The summed E-state index contributed by atoms with van der Waals surface area (Å²) in [6.45, 7) is 4.49. The van der Waals surface area contributed by atoms with Gasteiger partial charge in [-0.2, -0.15) is 0 Å². The lowest BCUT2D eigenvalue weighted by molar-refractivity contribution is 0.146. The number of ether oxygens (including phenoxy) is 1. The number of hydrogen-bond acceptors (Lipinski definition) is 6. The molecule has 8 heteroatoms. The number of hydrogen-bond donors (Lipinski definition) is 0. The van der Waals surface area contributed by atoms with Crippen LogP contribution in [0, 0.1) is 5.92 Å². The van der Waals surface area contributed by atoms with Gasteiger partial charge in [-0.25, -0.2) is 17.9 Å². The zero-order chi connectivity index (χ0) is 20.4. The minimum absolute atomic E-state index is 0.0843. The fourth-order valence-corrected chi connectivity index (χ4v) is 4.63. The third-order valence-electron chi connectivity index (χ3n) is 5.42. The Bertz CT molecular complexity index is 1090. The highest BCUT2D eigenvalue weighted by atomic mass is 32.2. The molecule has 0 bridgehead atoms. The number of piperidine rings is 1. The van der Waals surface area contributed by atoms with Crippen molar-refractivity contribution in [2.75, 3.05) is 32.5 Å². The van der Waals surface area contributed by atoms with Crippen LogP contribution in [-0.4, -0.2) is 60.4 Å². The summed E-state index contributed by atoms with van der Waals surface area (Å²) in [5.41, 5.74) is 2.37. The fourth-order valence-electron chi connectivity index (χ4n) is 3.74. The van der Waals surface area contributed by atoms with E-state index in [4.69, 9.17) is 4.74 Å². The van der Waals surface area contributed by atoms with Crippen LogP contribution in [0.2, 0.25) is 0 Å². The molecule has 3 aromatic rings. The summed E-state index contributed by atoms with van der Waals surface area (Å²) in [7, 11) is -1.07. The second-order valence-corrected chi connectivity index (χ2v) is 9.87. The Kier molecular flexibility index (Phi) is 5.56. The molecule has 7 nitrogen and oxygen atoms in total. The van der Waals surface area contributed by atoms with Gasteiger partial charge in [0, 0.05) is 24.1 Å². The van der Waals surface area contributed by atoms with Crippen molar-refractivity contribution >= 4 is 15.5 Å². The normalized spacial score (nSPS) is 18.2. The lowest BCUT2D eigenvalue weighted by Gasteiger charge is -2.29. The van der Waals surface area contributed by atoms with Crippen molar-refractivity contribution in [1.29, 1.82) is 0 Å². The van der Waals surface area contributed by atoms with Crippen LogP contribution >= 0.6 is 0 Å². The molecule has 1 saturated heterocycles. The fraction of sp³-hybridized carbons (Fsp3) is 0.429. The molecule has 4 rings (SSSR count). The first-order valence-corrected chi connectivity index (χ1v) is 11.6. The van der Waals surface area contributed by atoms with Crippen LogP contribution < -0.4 is 4.74 Å². The summed E-state index contributed by atoms with van der Waals surface area (Å²) in [4.78, 5) is 7.07. The Morgan fingerprint density at radius 1 is 1.17 bits per heavy atom. The summed E-state index contributed by atoms with van der Waals surface area (Å²) < 4.78 is 31.8. The molecule has 29 heavy (non-hydrogen) atoms. The molecular formula is C21H26N4O3S. The zero-order valence-electron chi connectivity index (χ0n) is 16.8. The molecule has 0 N–H and O–H groups in total. The van der Waals surface area contributed by atoms with E-state index in [1.165, 1.54) is 12.8 Å². The van der Waals surface area contributed by atoms with E-state index < -0.39 is 9.84 Å². The minimum Gasteiger partial charge on any atom is -0.476 e. The van der Waals surface area contributed by atoms with Crippen molar-refractivity contribution < 1.29 is 13.2 Å². The van der Waals surface area contributed by atoms with Gasteiger partial charge in [-0.1, -0.05) is 19.1 Å². The molecule has 1 aromatic carbocycles. The van der Waals surface area contributed by atoms with Gasteiger partial charge in [0.1, 0.15) is 0 Å². The Morgan fingerprint density at radius 2 is 1.97 bits per heavy atom. The molecule has 1 aliphatic heterocycles. The smallest absolute Gasteiger partial charge is 0.231 e. The van der Waals surface area contributed by atoms with E-state index in [0.29, 0.717) is 23.3 Å². The van der Waals surface area contributed by atoms with Crippen molar-refractivity contribution in [2.24, 2.45) is 5.92 Å². The van der Waals surface area contributed by atoms with Crippen molar-refractivity contribution in [2.45, 2.75) is 24.7 Å². The van der Waals surface area contributed by atoms with Gasteiger partial charge in [0.25, 0.3) is 0 Å². The van der Waals surface area contributed by atoms with Gasteiger partial charge in [0.2, 0.25) is 5.88 Å². The Labute approximate surface area is 171 Å². The van der Waals surface area contributed by atoms with Crippen LogP contribution in [0.15, 0.2) is 47.5 Å². The first-order valence-electron chi connectivity index (χ1n) is 9.95. The molecule has 0 spiro atoms. The topological polar surface area (TPSA) is 76.8 Å². The predicted octanol–water partition coefficient (Wildman–Crippen LogP) is 2.91. The number of benzene rings is 1. The summed E-state index contributed by atoms with van der Waals surface area (Å²) >= 11 is 0. The Hall–Kier alpha value is -2.45. The van der Waals surface area contributed by atoms with E-state index in [1.807, 2.05) is 12.1 Å². The van der Waals surface area contributed by atoms with Crippen molar-refractivity contribution in [3.8, 4) is 17.1 Å². The van der Waals surface area contributed by atoms with Crippen LogP contribution in [0.1, 0.15) is 19.8 Å². The Balaban J connectivity index is 1.55. The summed E-state index contributed by atoms with van der Waals surface area (Å²) in [5, 5.41) is 4.60.